The van der Waals surface area contributed by atoms with Crippen LogP contribution >= 0.6 is 11.3 Å². The van der Waals surface area contributed by atoms with Crippen LogP contribution in [0.2, 0.25) is 0 Å². The van der Waals surface area contributed by atoms with E-state index in [9.17, 15) is 4.79 Å². The van der Waals surface area contributed by atoms with Gasteiger partial charge in [-0.05, 0) is 44.5 Å². The highest BCUT2D eigenvalue weighted by atomic mass is 32.1. The molecule has 1 aliphatic rings. The van der Waals surface area contributed by atoms with Crippen LogP contribution in [0.3, 0.4) is 0 Å². The Morgan fingerprint density at radius 3 is 2.69 bits per heavy atom. The maximum atomic E-state index is 12.9. The molecule has 0 aliphatic carbocycles. The van der Waals surface area contributed by atoms with E-state index in [4.69, 9.17) is 0 Å². The minimum Gasteiger partial charge on any atom is -0.343 e. The monoisotopic (exact) mass is 368 g/mol. The van der Waals surface area contributed by atoms with Gasteiger partial charge < -0.3 is 10.2 Å². The number of hydrogen-bond acceptors (Lipinski definition) is 4. The van der Waals surface area contributed by atoms with Gasteiger partial charge in [0.2, 0.25) is 0 Å². The fourth-order valence-electron chi connectivity index (χ4n) is 3.69. The van der Waals surface area contributed by atoms with Gasteiger partial charge in [-0.1, -0.05) is 30.3 Å². The molecule has 1 atom stereocenters. The molecule has 6 heteroatoms. The number of thiophene rings is 1. The first-order valence-corrected chi connectivity index (χ1v) is 9.95. The van der Waals surface area contributed by atoms with Crippen LogP contribution in [0, 0.1) is 6.92 Å². The molecule has 136 valence electrons. The van der Waals surface area contributed by atoms with Gasteiger partial charge in [-0.3, -0.25) is 9.48 Å². The molecule has 26 heavy (non-hydrogen) atoms. The molecule has 1 saturated heterocycles. The molecule has 1 unspecified atom stereocenters. The summed E-state index contributed by atoms with van der Waals surface area (Å²) < 4.78 is 1.85. The predicted octanol–water partition coefficient (Wildman–Crippen LogP) is 3.51. The molecule has 1 amide bonds. The summed E-state index contributed by atoms with van der Waals surface area (Å²) in [6.07, 6.45) is 2.50. The Hall–Kier alpha value is -2.18. The molecule has 4 rings (SSSR count). The van der Waals surface area contributed by atoms with Gasteiger partial charge >= 0.3 is 0 Å². The second-order valence-electron chi connectivity index (χ2n) is 6.98. The zero-order valence-electron chi connectivity index (χ0n) is 15.2. The Labute approximate surface area is 157 Å². The van der Waals surface area contributed by atoms with Gasteiger partial charge in [0, 0.05) is 19.0 Å². The molecule has 3 heterocycles. The number of nitrogens with zero attached hydrogens (tertiary/aromatic N) is 3. The van der Waals surface area contributed by atoms with Crippen LogP contribution in [0.4, 0.5) is 0 Å². The van der Waals surface area contributed by atoms with E-state index >= 15 is 0 Å². The Bertz CT molecular complexity index is 874. The molecule has 2 aromatic heterocycles. The van der Waals surface area contributed by atoms with E-state index in [1.807, 2.05) is 42.9 Å². The van der Waals surface area contributed by atoms with E-state index < -0.39 is 0 Å². The van der Waals surface area contributed by atoms with Crippen LogP contribution < -0.4 is 5.32 Å². The average Bonchev–Trinajstić information content (AvgIpc) is 3.35. The summed E-state index contributed by atoms with van der Waals surface area (Å²) in [5.41, 5.74) is 2.13. The highest BCUT2D eigenvalue weighted by Crippen LogP contribution is 2.28. The lowest BCUT2D eigenvalue weighted by molar-refractivity contribution is 0.0931. The van der Waals surface area contributed by atoms with Gasteiger partial charge in [0.05, 0.1) is 16.6 Å². The van der Waals surface area contributed by atoms with Crippen molar-refractivity contribution in [2.24, 2.45) is 7.05 Å². The smallest absolute Gasteiger partial charge is 0.261 e. The molecule has 1 aromatic carbocycles. The van der Waals surface area contributed by atoms with Crippen LogP contribution in [0.25, 0.3) is 10.2 Å². The lowest BCUT2D eigenvalue weighted by Crippen LogP contribution is -2.36. The van der Waals surface area contributed by atoms with Gasteiger partial charge in [0.25, 0.3) is 5.91 Å². The molecule has 0 saturated carbocycles. The highest BCUT2D eigenvalue weighted by Gasteiger charge is 2.22. The molecule has 1 fully saturated rings. The number of carbonyl (C=O) groups excluding carboxylic acids is 1. The molecular formula is C20H24N4OS. The van der Waals surface area contributed by atoms with E-state index in [2.05, 4.69) is 27.4 Å². The molecule has 3 aromatic rings. The summed E-state index contributed by atoms with van der Waals surface area (Å²) in [6, 6.07) is 12.3. The topological polar surface area (TPSA) is 50.2 Å². The maximum absolute atomic E-state index is 12.9. The van der Waals surface area contributed by atoms with Crippen molar-refractivity contribution in [1.29, 1.82) is 0 Å². The first kappa shape index (κ1) is 17.2. The number of fused-ring (bicyclic) bond motifs is 1. The predicted molar refractivity (Wildman–Crippen MR) is 106 cm³/mol. The summed E-state index contributed by atoms with van der Waals surface area (Å²) in [7, 11) is 1.92. The van der Waals surface area contributed by atoms with E-state index in [1.165, 1.54) is 24.2 Å². The molecule has 0 radical (unpaired) electrons. The van der Waals surface area contributed by atoms with Crippen molar-refractivity contribution in [1.82, 2.24) is 20.0 Å². The van der Waals surface area contributed by atoms with Gasteiger partial charge in [-0.15, -0.1) is 11.3 Å². The highest BCUT2D eigenvalue weighted by molar-refractivity contribution is 7.20. The standard InChI is InChI=1S/C20H24N4OS/c1-14-16-12-18(26-20(16)23(2)22-14)19(25)21-17(13-24-10-6-7-11-24)15-8-4-3-5-9-15/h3-5,8-9,12,17H,6-7,10-11,13H2,1-2H3,(H,21,25). The molecule has 5 nitrogen and oxygen atoms in total. The lowest BCUT2D eigenvalue weighted by Gasteiger charge is -2.24. The van der Waals surface area contributed by atoms with Crippen molar-refractivity contribution in [3.63, 3.8) is 0 Å². The van der Waals surface area contributed by atoms with E-state index in [0.717, 1.165) is 46.0 Å². The summed E-state index contributed by atoms with van der Waals surface area (Å²) in [5, 5.41) is 8.75. The van der Waals surface area contributed by atoms with Crippen LogP contribution in [0.15, 0.2) is 36.4 Å². The first-order valence-electron chi connectivity index (χ1n) is 9.13. The summed E-state index contributed by atoms with van der Waals surface area (Å²) in [5.74, 6) is -0.00125. The second-order valence-corrected chi connectivity index (χ2v) is 8.01. The summed E-state index contributed by atoms with van der Waals surface area (Å²) in [4.78, 5) is 17.2. The molecular weight excluding hydrogens is 344 g/mol. The van der Waals surface area contributed by atoms with E-state index in [1.54, 1.807) is 0 Å². The number of likely N-dealkylation sites (tertiary alicyclic amines) is 1. The fourth-order valence-corrected chi connectivity index (χ4v) is 4.72. The number of nitrogens with one attached hydrogen (secondary N) is 1. The second kappa shape index (κ2) is 7.21. The number of benzene rings is 1. The van der Waals surface area contributed by atoms with Crippen LogP contribution in [0.5, 0.6) is 0 Å². The minimum atomic E-state index is -0.00125. The van der Waals surface area contributed by atoms with Crippen LogP contribution in [0.1, 0.15) is 39.8 Å². The number of aryl methyl sites for hydroxylation is 2. The van der Waals surface area contributed by atoms with Crippen molar-refractivity contribution < 1.29 is 4.79 Å². The average molecular weight is 369 g/mol. The quantitative estimate of drug-likeness (QED) is 0.750. The number of carbonyl (C=O) groups is 1. The van der Waals surface area contributed by atoms with Crippen LogP contribution in [-0.4, -0.2) is 40.2 Å². The Morgan fingerprint density at radius 2 is 2.00 bits per heavy atom. The van der Waals surface area contributed by atoms with E-state index in [0.29, 0.717) is 0 Å². The number of amides is 1. The largest absolute Gasteiger partial charge is 0.343 e. The SMILES string of the molecule is Cc1nn(C)c2sc(C(=O)NC(CN3CCCC3)c3ccccc3)cc12. The van der Waals surface area contributed by atoms with Gasteiger partial charge in [0.1, 0.15) is 4.83 Å². The zero-order valence-corrected chi connectivity index (χ0v) is 16.1. The van der Waals surface area contributed by atoms with Crippen molar-refractivity contribution in [3.05, 3.63) is 52.5 Å². The lowest BCUT2D eigenvalue weighted by atomic mass is 10.1. The molecule has 0 bridgehead atoms. The van der Waals surface area contributed by atoms with Gasteiger partial charge in [-0.25, -0.2) is 0 Å². The number of aromatic nitrogens is 2. The van der Waals surface area contributed by atoms with Crippen LogP contribution in [-0.2, 0) is 7.05 Å². The third kappa shape index (κ3) is 3.39. The summed E-state index contributed by atoms with van der Waals surface area (Å²) in [6.45, 7) is 5.08. The van der Waals surface area contributed by atoms with Crippen molar-refractivity contribution in [2.75, 3.05) is 19.6 Å². The Balaban J connectivity index is 1.57. The van der Waals surface area contributed by atoms with E-state index in [-0.39, 0.29) is 11.9 Å². The first-order chi connectivity index (χ1) is 12.6. The van der Waals surface area contributed by atoms with Crippen molar-refractivity contribution >= 4 is 27.5 Å². The summed E-state index contributed by atoms with van der Waals surface area (Å²) >= 11 is 1.51. The normalized spacial score (nSPS) is 16.2. The van der Waals surface area contributed by atoms with Gasteiger partial charge in [-0.2, -0.15) is 5.10 Å². The molecule has 0 spiro atoms. The third-order valence-electron chi connectivity index (χ3n) is 5.07. The van der Waals surface area contributed by atoms with Crippen molar-refractivity contribution in [2.45, 2.75) is 25.8 Å². The minimum absolute atomic E-state index is 0.00125. The number of hydrogen-bond donors (Lipinski definition) is 1. The fraction of sp³-hybridized carbons (Fsp3) is 0.400. The maximum Gasteiger partial charge on any atom is 0.261 e. The Morgan fingerprint density at radius 1 is 1.27 bits per heavy atom. The third-order valence-corrected chi connectivity index (χ3v) is 6.27. The van der Waals surface area contributed by atoms with Crippen molar-refractivity contribution in [3.8, 4) is 0 Å². The number of rotatable bonds is 5. The zero-order chi connectivity index (χ0) is 18.1. The molecule has 1 aliphatic heterocycles. The Kier molecular flexibility index (Phi) is 4.78. The molecule has 1 N–H and O–H groups in total. The van der Waals surface area contributed by atoms with Gasteiger partial charge in [0.15, 0.2) is 0 Å².